The van der Waals surface area contributed by atoms with Gasteiger partial charge in [-0.3, -0.25) is 9.69 Å². The summed E-state index contributed by atoms with van der Waals surface area (Å²) >= 11 is 5.91. The summed E-state index contributed by atoms with van der Waals surface area (Å²) in [6, 6.07) is 15.4. The van der Waals surface area contributed by atoms with Crippen LogP contribution in [0.1, 0.15) is 31.7 Å². The second-order valence-corrected chi connectivity index (χ2v) is 7.27. The minimum absolute atomic E-state index is 0.0590. The Hall–Kier alpha value is -2.63. The Morgan fingerprint density at radius 3 is 2.62 bits per heavy atom. The Morgan fingerprint density at radius 1 is 1.14 bits per heavy atom. The summed E-state index contributed by atoms with van der Waals surface area (Å²) in [6.45, 7) is 7.18. The van der Waals surface area contributed by atoms with Crippen LogP contribution in [0.4, 0.5) is 5.69 Å². The second kappa shape index (κ2) is 10.2. The standard InChI is InChI=1S/C23H26ClN3O2/c1-3-27(4-2)16-17-6-5-7-20(14-17)26-22(28)12-13-23-25-15-21(29-23)18-8-10-19(24)11-9-18/h5-11,14-15H,3-4,12-13,16H2,1-2H3,(H,26,28). The normalized spacial score (nSPS) is 11.0. The number of aromatic nitrogens is 1. The first-order valence-corrected chi connectivity index (χ1v) is 10.3. The van der Waals surface area contributed by atoms with E-state index in [-0.39, 0.29) is 5.91 Å². The SMILES string of the molecule is CCN(CC)Cc1cccc(NC(=O)CCc2ncc(-c3ccc(Cl)cc3)o2)c1. The van der Waals surface area contributed by atoms with Gasteiger partial charge >= 0.3 is 0 Å². The van der Waals surface area contributed by atoms with E-state index in [0.717, 1.165) is 30.9 Å². The van der Waals surface area contributed by atoms with Gasteiger partial charge in [0.2, 0.25) is 5.91 Å². The minimum atomic E-state index is -0.0590. The van der Waals surface area contributed by atoms with Gasteiger partial charge in [0.1, 0.15) is 0 Å². The van der Waals surface area contributed by atoms with Crippen LogP contribution in [0.2, 0.25) is 5.02 Å². The number of nitrogens with one attached hydrogen (secondary N) is 1. The van der Waals surface area contributed by atoms with Gasteiger partial charge in [0.05, 0.1) is 6.20 Å². The molecule has 0 fully saturated rings. The predicted octanol–water partition coefficient (Wildman–Crippen LogP) is 5.41. The maximum Gasteiger partial charge on any atom is 0.224 e. The number of nitrogens with zero attached hydrogens (tertiary/aromatic N) is 2. The molecule has 152 valence electrons. The summed E-state index contributed by atoms with van der Waals surface area (Å²) in [5.74, 6) is 1.15. The molecule has 0 unspecified atom stereocenters. The van der Waals surface area contributed by atoms with Crippen molar-refractivity contribution in [3.63, 3.8) is 0 Å². The number of anilines is 1. The minimum Gasteiger partial charge on any atom is -0.441 e. The molecule has 1 amide bonds. The van der Waals surface area contributed by atoms with E-state index in [0.29, 0.717) is 29.5 Å². The van der Waals surface area contributed by atoms with Crippen molar-refractivity contribution >= 4 is 23.2 Å². The number of hydrogen-bond donors (Lipinski definition) is 1. The smallest absolute Gasteiger partial charge is 0.224 e. The Bertz CT molecular complexity index is 933. The van der Waals surface area contributed by atoms with Crippen LogP contribution in [0.5, 0.6) is 0 Å². The Morgan fingerprint density at radius 2 is 1.90 bits per heavy atom. The Labute approximate surface area is 176 Å². The average Bonchev–Trinajstić information content (AvgIpc) is 3.20. The molecule has 29 heavy (non-hydrogen) atoms. The summed E-state index contributed by atoms with van der Waals surface area (Å²) in [5.41, 5.74) is 2.91. The molecule has 3 rings (SSSR count). The van der Waals surface area contributed by atoms with Crippen molar-refractivity contribution in [2.75, 3.05) is 18.4 Å². The van der Waals surface area contributed by atoms with Crippen molar-refractivity contribution in [2.45, 2.75) is 33.2 Å². The number of aryl methyl sites for hydroxylation is 1. The van der Waals surface area contributed by atoms with E-state index in [4.69, 9.17) is 16.0 Å². The molecule has 0 aliphatic heterocycles. The molecule has 0 aliphatic carbocycles. The molecule has 0 aliphatic rings. The van der Waals surface area contributed by atoms with Gasteiger partial charge in [-0.25, -0.2) is 4.98 Å². The van der Waals surface area contributed by atoms with Crippen molar-refractivity contribution < 1.29 is 9.21 Å². The molecule has 0 spiro atoms. The summed E-state index contributed by atoms with van der Waals surface area (Å²) in [5, 5.41) is 3.64. The van der Waals surface area contributed by atoms with Crippen molar-refractivity contribution in [1.82, 2.24) is 9.88 Å². The highest BCUT2D eigenvalue weighted by molar-refractivity contribution is 6.30. The summed E-state index contributed by atoms with van der Waals surface area (Å²) in [4.78, 5) is 18.9. The van der Waals surface area contributed by atoms with Gasteiger partial charge in [-0.05, 0) is 55.1 Å². The molecule has 3 aromatic rings. The largest absolute Gasteiger partial charge is 0.441 e. The summed E-state index contributed by atoms with van der Waals surface area (Å²) in [6.07, 6.45) is 2.42. The van der Waals surface area contributed by atoms with Crippen LogP contribution < -0.4 is 5.32 Å². The number of benzene rings is 2. The summed E-state index contributed by atoms with van der Waals surface area (Å²) < 4.78 is 5.76. The highest BCUT2D eigenvalue weighted by atomic mass is 35.5. The number of hydrogen-bond acceptors (Lipinski definition) is 4. The third-order valence-corrected chi connectivity index (χ3v) is 5.01. The second-order valence-electron chi connectivity index (χ2n) is 6.84. The molecule has 0 bridgehead atoms. The van der Waals surface area contributed by atoms with Crippen molar-refractivity contribution in [1.29, 1.82) is 0 Å². The van der Waals surface area contributed by atoms with Crippen LogP contribution in [-0.2, 0) is 17.8 Å². The molecule has 0 radical (unpaired) electrons. The van der Waals surface area contributed by atoms with Gasteiger partial charge in [-0.2, -0.15) is 0 Å². The lowest BCUT2D eigenvalue weighted by Crippen LogP contribution is -2.22. The first kappa shape index (κ1) is 21.1. The Kier molecular flexibility index (Phi) is 7.44. The first-order chi connectivity index (χ1) is 14.1. The zero-order chi connectivity index (χ0) is 20.6. The molecule has 0 saturated carbocycles. The van der Waals surface area contributed by atoms with Crippen LogP contribution >= 0.6 is 11.6 Å². The topological polar surface area (TPSA) is 58.4 Å². The lowest BCUT2D eigenvalue weighted by atomic mass is 10.2. The van der Waals surface area contributed by atoms with Crippen molar-refractivity contribution in [3.05, 3.63) is 71.2 Å². The van der Waals surface area contributed by atoms with E-state index < -0.39 is 0 Å². The van der Waals surface area contributed by atoms with Gasteiger partial charge in [-0.15, -0.1) is 0 Å². The fourth-order valence-corrected chi connectivity index (χ4v) is 3.20. The predicted molar refractivity (Wildman–Crippen MR) is 117 cm³/mol. The molecule has 5 nitrogen and oxygen atoms in total. The third-order valence-electron chi connectivity index (χ3n) is 4.76. The molecule has 0 saturated heterocycles. The lowest BCUT2D eigenvalue weighted by molar-refractivity contribution is -0.116. The summed E-state index contributed by atoms with van der Waals surface area (Å²) in [7, 11) is 0. The average molecular weight is 412 g/mol. The molecule has 0 atom stereocenters. The zero-order valence-electron chi connectivity index (χ0n) is 16.8. The fraction of sp³-hybridized carbons (Fsp3) is 0.304. The fourth-order valence-electron chi connectivity index (χ4n) is 3.07. The van der Waals surface area contributed by atoms with E-state index in [9.17, 15) is 4.79 Å². The van der Waals surface area contributed by atoms with E-state index >= 15 is 0 Å². The van der Waals surface area contributed by atoms with Gasteiger partial charge in [0.25, 0.3) is 0 Å². The van der Waals surface area contributed by atoms with Crippen LogP contribution in [0.15, 0.2) is 59.1 Å². The van der Waals surface area contributed by atoms with E-state index in [1.165, 1.54) is 5.56 Å². The third kappa shape index (κ3) is 6.17. The molecular formula is C23H26ClN3O2. The first-order valence-electron chi connectivity index (χ1n) is 9.89. The van der Waals surface area contributed by atoms with Gasteiger partial charge in [0, 0.05) is 35.7 Å². The highest BCUT2D eigenvalue weighted by Crippen LogP contribution is 2.23. The molecule has 2 aromatic carbocycles. The quantitative estimate of drug-likeness (QED) is 0.511. The molecule has 1 heterocycles. The number of halogens is 1. The maximum atomic E-state index is 12.3. The lowest BCUT2D eigenvalue weighted by Gasteiger charge is -2.18. The van der Waals surface area contributed by atoms with E-state index in [2.05, 4.69) is 35.1 Å². The van der Waals surface area contributed by atoms with Crippen LogP contribution in [0.3, 0.4) is 0 Å². The van der Waals surface area contributed by atoms with Crippen molar-refractivity contribution in [3.8, 4) is 11.3 Å². The van der Waals surface area contributed by atoms with Gasteiger partial charge in [-0.1, -0.05) is 37.6 Å². The monoisotopic (exact) mass is 411 g/mol. The van der Waals surface area contributed by atoms with Gasteiger partial charge < -0.3 is 9.73 Å². The molecular weight excluding hydrogens is 386 g/mol. The van der Waals surface area contributed by atoms with Crippen LogP contribution in [-0.4, -0.2) is 28.9 Å². The molecule has 6 heteroatoms. The molecule has 1 aromatic heterocycles. The van der Waals surface area contributed by atoms with Crippen molar-refractivity contribution in [2.24, 2.45) is 0 Å². The zero-order valence-corrected chi connectivity index (χ0v) is 17.6. The van der Waals surface area contributed by atoms with Crippen LogP contribution in [0.25, 0.3) is 11.3 Å². The Balaban J connectivity index is 1.53. The number of amides is 1. The number of oxazole rings is 1. The highest BCUT2D eigenvalue weighted by Gasteiger charge is 2.10. The van der Waals surface area contributed by atoms with Crippen LogP contribution in [0, 0.1) is 0 Å². The molecule has 1 N–H and O–H groups in total. The van der Waals surface area contributed by atoms with E-state index in [1.54, 1.807) is 18.3 Å². The number of carbonyl (C=O) groups excluding carboxylic acids is 1. The maximum absolute atomic E-state index is 12.3. The number of carbonyl (C=O) groups is 1. The van der Waals surface area contributed by atoms with E-state index in [1.807, 2.05) is 30.3 Å². The number of rotatable bonds is 9. The van der Waals surface area contributed by atoms with Gasteiger partial charge in [0.15, 0.2) is 11.7 Å².